The quantitative estimate of drug-likeness (QED) is 0.631. The first-order valence-corrected chi connectivity index (χ1v) is 9.85. The van der Waals surface area contributed by atoms with E-state index in [1.165, 1.54) is 26.2 Å². The van der Waals surface area contributed by atoms with E-state index in [1.807, 2.05) is 0 Å². The molecule has 1 aromatic rings. The molecule has 3 N–H and O–H groups in total. The van der Waals surface area contributed by atoms with Crippen LogP contribution in [0.4, 0.5) is 5.88 Å². The Labute approximate surface area is 168 Å². The second kappa shape index (κ2) is 8.67. The van der Waals surface area contributed by atoms with Crippen molar-refractivity contribution >= 4 is 29.6 Å². The van der Waals surface area contributed by atoms with Crippen LogP contribution in [-0.2, 0) is 19.1 Å². The molecule has 0 aromatic carbocycles. The maximum Gasteiger partial charge on any atom is 0.342 e. The third-order valence-corrected chi connectivity index (χ3v) is 5.74. The molecule has 1 heterocycles. The molecular weight excluding hydrogens is 380 g/mol. The molecule has 2 saturated carbocycles. The van der Waals surface area contributed by atoms with Crippen LogP contribution in [0.5, 0.6) is 0 Å². The molecule has 0 radical (unpaired) electrons. The van der Waals surface area contributed by atoms with Crippen LogP contribution in [0.3, 0.4) is 0 Å². The van der Waals surface area contributed by atoms with Crippen molar-refractivity contribution in [2.75, 3.05) is 18.5 Å². The van der Waals surface area contributed by atoms with Crippen LogP contribution in [0.1, 0.15) is 65.5 Å². The zero-order valence-electron chi connectivity index (χ0n) is 16.6. The molecule has 0 unspecified atom stereocenters. The lowest BCUT2D eigenvalue weighted by atomic mass is 9.86. The molecule has 0 aliphatic heterocycles. The predicted molar refractivity (Wildman–Crippen MR) is 101 cm³/mol. The Kier molecular flexibility index (Phi) is 6.24. The molecule has 158 valence electrons. The van der Waals surface area contributed by atoms with Gasteiger partial charge in [-0.15, -0.1) is 0 Å². The second-order valence-electron chi connectivity index (χ2n) is 7.67. The summed E-state index contributed by atoms with van der Waals surface area (Å²) in [6.45, 7) is 2.64. The lowest BCUT2D eigenvalue weighted by Gasteiger charge is -2.20. The fourth-order valence-corrected chi connectivity index (χ4v) is 4.53. The summed E-state index contributed by atoms with van der Waals surface area (Å²) in [7, 11) is 0. The van der Waals surface area contributed by atoms with Gasteiger partial charge in [0.25, 0.3) is 11.8 Å². The van der Waals surface area contributed by atoms with E-state index in [2.05, 4.69) is 5.32 Å². The van der Waals surface area contributed by atoms with E-state index in [0.29, 0.717) is 18.3 Å². The molecule has 3 atom stereocenters. The first kappa shape index (κ1) is 20.9. The third kappa shape index (κ3) is 4.60. The fraction of sp³-hybridized carbons (Fsp3) is 0.600. The molecule has 2 amide bonds. The number of primary amides is 1. The molecule has 2 aliphatic carbocycles. The Balaban J connectivity index is 1.57. The van der Waals surface area contributed by atoms with Gasteiger partial charge >= 0.3 is 11.9 Å². The number of rotatable bonds is 8. The third-order valence-electron chi connectivity index (χ3n) is 5.74. The van der Waals surface area contributed by atoms with Crippen LogP contribution in [-0.4, -0.2) is 37.0 Å². The number of anilines is 1. The minimum absolute atomic E-state index is 0.0841. The number of furan rings is 1. The molecule has 0 spiro atoms. The fourth-order valence-electron chi connectivity index (χ4n) is 4.53. The highest BCUT2D eigenvalue weighted by Crippen LogP contribution is 2.49. The van der Waals surface area contributed by atoms with Crippen molar-refractivity contribution in [3.63, 3.8) is 0 Å². The zero-order chi connectivity index (χ0) is 21.1. The minimum Gasteiger partial charge on any atom is -0.462 e. The smallest absolute Gasteiger partial charge is 0.342 e. The monoisotopic (exact) mass is 406 g/mol. The Bertz CT molecular complexity index is 829. The number of carbonyl (C=O) groups is 4. The average Bonchev–Trinajstić information content (AvgIpc) is 3.34. The number of aryl methyl sites for hydroxylation is 1. The number of esters is 2. The first-order chi connectivity index (χ1) is 13.8. The Morgan fingerprint density at radius 2 is 1.90 bits per heavy atom. The normalized spacial score (nSPS) is 22.3. The van der Waals surface area contributed by atoms with E-state index in [4.69, 9.17) is 19.6 Å². The van der Waals surface area contributed by atoms with Gasteiger partial charge in [0.05, 0.1) is 6.61 Å². The Hall–Kier alpha value is -2.84. The summed E-state index contributed by atoms with van der Waals surface area (Å²) in [5.41, 5.74) is 4.93. The van der Waals surface area contributed by atoms with Crippen molar-refractivity contribution in [3.05, 3.63) is 16.9 Å². The van der Waals surface area contributed by atoms with Gasteiger partial charge < -0.3 is 19.6 Å². The summed E-state index contributed by atoms with van der Waals surface area (Å²) in [5.74, 6) is -1.38. The molecule has 2 fully saturated rings. The highest BCUT2D eigenvalue weighted by atomic mass is 16.5. The summed E-state index contributed by atoms with van der Waals surface area (Å²) in [5, 5.41) is 2.33. The van der Waals surface area contributed by atoms with E-state index in [0.717, 1.165) is 12.3 Å². The van der Waals surface area contributed by atoms with Gasteiger partial charge in [-0.1, -0.05) is 6.42 Å². The van der Waals surface area contributed by atoms with E-state index >= 15 is 0 Å². The summed E-state index contributed by atoms with van der Waals surface area (Å²) in [4.78, 5) is 48.1. The maximum absolute atomic E-state index is 12.2. The molecule has 9 heteroatoms. The standard InChI is InChI=1S/C20H26N2O7/c1-3-27-20(26)16-10(2)29-19(17(16)18(21)25)22-14(23)9-28-15(24)8-13-7-11-4-5-12(13)6-11/h11-13H,3-9H2,1-2H3,(H2,21,25)(H,22,23)/t11-,12-,13+/m1/s1. The average molecular weight is 406 g/mol. The van der Waals surface area contributed by atoms with Crippen LogP contribution >= 0.6 is 0 Å². The van der Waals surface area contributed by atoms with Gasteiger partial charge in [-0.25, -0.2) is 4.79 Å². The van der Waals surface area contributed by atoms with Crippen molar-refractivity contribution < 1.29 is 33.1 Å². The summed E-state index contributed by atoms with van der Waals surface area (Å²) >= 11 is 0. The van der Waals surface area contributed by atoms with Gasteiger partial charge in [0.1, 0.15) is 16.9 Å². The number of nitrogens with one attached hydrogen (secondary N) is 1. The van der Waals surface area contributed by atoms with Crippen molar-refractivity contribution in [1.82, 2.24) is 0 Å². The van der Waals surface area contributed by atoms with E-state index in [-0.39, 0.29) is 29.4 Å². The second-order valence-corrected chi connectivity index (χ2v) is 7.67. The Morgan fingerprint density at radius 3 is 2.48 bits per heavy atom. The molecule has 9 nitrogen and oxygen atoms in total. The molecular formula is C20H26N2O7. The van der Waals surface area contributed by atoms with E-state index in [1.54, 1.807) is 6.92 Å². The zero-order valence-corrected chi connectivity index (χ0v) is 16.6. The van der Waals surface area contributed by atoms with Gasteiger partial charge in [0.15, 0.2) is 6.61 Å². The van der Waals surface area contributed by atoms with Crippen molar-refractivity contribution in [1.29, 1.82) is 0 Å². The first-order valence-electron chi connectivity index (χ1n) is 9.85. The molecule has 29 heavy (non-hydrogen) atoms. The highest BCUT2D eigenvalue weighted by Gasteiger charge is 2.40. The van der Waals surface area contributed by atoms with E-state index in [9.17, 15) is 19.2 Å². The summed E-state index contributed by atoms with van der Waals surface area (Å²) < 4.78 is 15.3. The largest absolute Gasteiger partial charge is 0.462 e. The van der Waals surface area contributed by atoms with Crippen LogP contribution in [0.25, 0.3) is 0 Å². The van der Waals surface area contributed by atoms with E-state index < -0.39 is 30.4 Å². The lowest BCUT2D eigenvalue weighted by molar-refractivity contribution is -0.148. The van der Waals surface area contributed by atoms with Gasteiger partial charge in [0, 0.05) is 6.42 Å². The number of amides is 2. The minimum atomic E-state index is -0.950. The van der Waals surface area contributed by atoms with Crippen LogP contribution in [0, 0.1) is 24.7 Å². The Morgan fingerprint density at radius 1 is 1.14 bits per heavy atom. The SMILES string of the molecule is CCOC(=O)c1c(C)oc(NC(=O)COC(=O)C[C@@H]2C[C@@H]3CC[C@@H]2C3)c1C(N)=O. The topological polar surface area (TPSA) is 138 Å². The van der Waals surface area contributed by atoms with Gasteiger partial charge in [-0.3, -0.25) is 19.7 Å². The highest BCUT2D eigenvalue weighted by molar-refractivity contribution is 6.10. The number of hydrogen-bond acceptors (Lipinski definition) is 7. The number of nitrogens with two attached hydrogens (primary N) is 1. The van der Waals surface area contributed by atoms with Crippen molar-refractivity contribution in [3.8, 4) is 0 Å². The number of hydrogen-bond donors (Lipinski definition) is 2. The van der Waals surface area contributed by atoms with Gasteiger partial charge in [-0.2, -0.15) is 0 Å². The van der Waals surface area contributed by atoms with Crippen LogP contribution in [0.15, 0.2) is 4.42 Å². The number of carbonyl (C=O) groups excluding carboxylic acids is 4. The predicted octanol–water partition coefficient (Wildman–Crippen LogP) is 2.17. The van der Waals surface area contributed by atoms with Crippen molar-refractivity contribution in [2.24, 2.45) is 23.5 Å². The number of ether oxygens (including phenoxy) is 2. The molecule has 2 bridgehead atoms. The van der Waals surface area contributed by atoms with Crippen LogP contribution in [0.2, 0.25) is 0 Å². The molecule has 3 rings (SSSR count). The van der Waals surface area contributed by atoms with Crippen LogP contribution < -0.4 is 11.1 Å². The lowest BCUT2D eigenvalue weighted by Crippen LogP contribution is -2.24. The summed E-state index contributed by atoms with van der Waals surface area (Å²) in [6.07, 6.45) is 4.97. The van der Waals surface area contributed by atoms with Crippen molar-refractivity contribution in [2.45, 2.75) is 46.0 Å². The van der Waals surface area contributed by atoms with Gasteiger partial charge in [-0.05, 0) is 50.9 Å². The maximum atomic E-state index is 12.2. The molecule has 2 aliphatic rings. The summed E-state index contributed by atoms with van der Waals surface area (Å²) in [6, 6.07) is 0. The van der Waals surface area contributed by atoms with Gasteiger partial charge in [0.2, 0.25) is 5.88 Å². The molecule has 1 aromatic heterocycles. The number of fused-ring (bicyclic) bond motifs is 2. The molecule has 0 saturated heterocycles.